The number of hydrogen-bond donors (Lipinski definition) is 3. The SMILES string of the molecule is CC(C)(C)c1ccc(S(=O)(=O)Nc2nc(N[C@H]3CC[C@H](N)CC3)nc3c2ncn3C2CCCC2)cc1.Cl.Cl. The Kier molecular flexibility index (Phi) is 9.55. The van der Waals surface area contributed by atoms with E-state index in [2.05, 4.69) is 45.3 Å². The normalized spacial score (nSPS) is 20.5. The molecule has 0 saturated heterocycles. The van der Waals surface area contributed by atoms with Crippen LogP contribution in [0.15, 0.2) is 35.5 Å². The van der Waals surface area contributed by atoms with Gasteiger partial charge in [0.15, 0.2) is 17.0 Å². The first kappa shape index (κ1) is 30.4. The minimum Gasteiger partial charge on any atom is -0.351 e. The number of aromatic nitrogens is 4. The highest BCUT2D eigenvalue weighted by molar-refractivity contribution is 7.92. The molecule has 2 aliphatic rings. The van der Waals surface area contributed by atoms with Crippen LogP contribution in [0.4, 0.5) is 11.8 Å². The van der Waals surface area contributed by atoms with E-state index in [-0.39, 0.29) is 53.0 Å². The predicted octanol–water partition coefficient (Wildman–Crippen LogP) is 5.57. The average Bonchev–Trinajstić information content (AvgIpc) is 3.50. The van der Waals surface area contributed by atoms with Gasteiger partial charge >= 0.3 is 0 Å². The van der Waals surface area contributed by atoms with Crippen LogP contribution in [0, 0.1) is 0 Å². The Bertz CT molecular complexity index is 1330. The van der Waals surface area contributed by atoms with Gasteiger partial charge in [-0.25, -0.2) is 13.4 Å². The Balaban J connectivity index is 0.00000200. The monoisotopic (exact) mass is 583 g/mol. The van der Waals surface area contributed by atoms with Gasteiger partial charge in [0.05, 0.1) is 11.2 Å². The summed E-state index contributed by atoms with van der Waals surface area (Å²) in [6, 6.07) is 7.77. The number of anilines is 2. The summed E-state index contributed by atoms with van der Waals surface area (Å²) >= 11 is 0. The lowest BCUT2D eigenvalue weighted by Crippen LogP contribution is -2.33. The van der Waals surface area contributed by atoms with Crippen LogP contribution in [-0.4, -0.2) is 40.0 Å². The second kappa shape index (κ2) is 11.9. The van der Waals surface area contributed by atoms with Gasteiger partial charge in [-0.05, 0) is 61.6 Å². The third-order valence-electron chi connectivity index (χ3n) is 7.51. The smallest absolute Gasteiger partial charge is 0.263 e. The number of hydrogen-bond acceptors (Lipinski definition) is 7. The van der Waals surface area contributed by atoms with Gasteiger partial charge in [-0.3, -0.25) is 4.72 Å². The number of halogens is 2. The highest BCUT2D eigenvalue weighted by Crippen LogP contribution is 2.34. The van der Waals surface area contributed by atoms with Gasteiger partial charge in [0.1, 0.15) is 0 Å². The van der Waals surface area contributed by atoms with Crippen molar-refractivity contribution in [3.8, 4) is 0 Å². The van der Waals surface area contributed by atoms with E-state index in [0.29, 0.717) is 23.2 Å². The molecule has 1 aromatic carbocycles. The Morgan fingerprint density at radius 1 is 0.947 bits per heavy atom. The molecule has 210 valence electrons. The van der Waals surface area contributed by atoms with Crippen LogP contribution in [-0.2, 0) is 15.4 Å². The zero-order valence-corrected chi connectivity index (χ0v) is 24.6. The highest BCUT2D eigenvalue weighted by atomic mass is 35.5. The summed E-state index contributed by atoms with van der Waals surface area (Å²) in [5.74, 6) is 0.621. The number of imidazole rings is 1. The molecule has 4 N–H and O–H groups in total. The molecular formula is C26H39Cl2N7O2S. The Morgan fingerprint density at radius 3 is 2.18 bits per heavy atom. The summed E-state index contributed by atoms with van der Waals surface area (Å²) in [6.07, 6.45) is 10.0. The maximum Gasteiger partial charge on any atom is 0.263 e. The molecule has 2 saturated carbocycles. The first-order valence-electron chi connectivity index (χ1n) is 13.0. The second-order valence-electron chi connectivity index (χ2n) is 11.3. The van der Waals surface area contributed by atoms with E-state index < -0.39 is 10.0 Å². The molecule has 5 rings (SSSR count). The third kappa shape index (κ3) is 6.52. The largest absolute Gasteiger partial charge is 0.351 e. The Hall–Kier alpha value is -2.14. The average molecular weight is 585 g/mol. The number of nitrogens with one attached hydrogen (secondary N) is 2. The molecular weight excluding hydrogens is 545 g/mol. The summed E-state index contributed by atoms with van der Waals surface area (Å²) < 4.78 is 31.5. The van der Waals surface area contributed by atoms with Crippen molar-refractivity contribution in [2.45, 2.75) is 101 Å². The summed E-state index contributed by atoms with van der Waals surface area (Å²) in [5, 5.41) is 3.44. The number of rotatable bonds is 6. The van der Waals surface area contributed by atoms with E-state index in [1.54, 1.807) is 18.5 Å². The number of sulfonamides is 1. The van der Waals surface area contributed by atoms with Crippen molar-refractivity contribution in [2.75, 3.05) is 10.0 Å². The molecule has 0 spiro atoms. The van der Waals surface area contributed by atoms with Crippen molar-refractivity contribution in [1.29, 1.82) is 0 Å². The highest BCUT2D eigenvalue weighted by Gasteiger charge is 2.26. The van der Waals surface area contributed by atoms with Crippen LogP contribution in [0.25, 0.3) is 11.2 Å². The number of benzene rings is 1. The van der Waals surface area contributed by atoms with E-state index in [1.807, 2.05) is 12.1 Å². The van der Waals surface area contributed by atoms with E-state index in [1.165, 1.54) is 12.8 Å². The van der Waals surface area contributed by atoms with Crippen LogP contribution in [0.5, 0.6) is 0 Å². The summed E-state index contributed by atoms with van der Waals surface area (Å²) in [5.41, 5.74) is 8.21. The molecule has 0 bridgehead atoms. The lowest BCUT2D eigenvalue weighted by Gasteiger charge is -2.27. The second-order valence-corrected chi connectivity index (χ2v) is 13.0. The zero-order chi connectivity index (χ0) is 25.5. The van der Waals surface area contributed by atoms with Crippen molar-refractivity contribution in [3.63, 3.8) is 0 Å². The number of fused-ring (bicyclic) bond motifs is 1. The molecule has 0 atom stereocenters. The molecule has 0 aliphatic heterocycles. The fraction of sp³-hybridized carbons (Fsp3) is 0.577. The first-order chi connectivity index (χ1) is 17.1. The van der Waals surface area contributed by atoms with Crippen molar-refractivity contribution in [1.82, 2.24) is 19.5 Å². The molecule has 3 aromatic rings. The van der Waals surface area contributed by atoms with Gasteiger partial charge in [0.25, 0.3) is 10.0 Å². The number of nitrogens with two attached hydrogens (primary N) is 1. The Morgan fingerprint density at radius 2 is 1.58 bits per heavy atom. The minimum atomic E-state index is -3.87. The third-order valence-corrected chi connectivity index (χ3v) is 8.86. The quantitative estimate of drug-likeness (QED) is 0.346. The van der Waals surface area contributed by atoms with Crippen molar-refractivity contribution in [3.05, 3.63) is 36.2 Å². The Labute approximate surface area is 237 Å². The van der Waals surface area contributed by atoms with Crippen LogP contribution >= 0.6 is 24.8 Å². The zero-order valence-electron chi connectivity index (χ0n) is 22.2. The molecule has 9 nitrogen and oxygen atoms in total. The van der Waals surface area contributed by atoms with Gasteiger partial charge in [-0.2, -0.15) is 9.97 Å². The fourth-order valence-electron chi connectivity index (χ4n) is 5.27. The molecule has 38 heavy (non-hydrogen) atoms. The van der Waals surface area contributed by atoms with Crippen LogP contribution in [0.1, 0.15) is 83.7 Å². The lowest BCUT2D eigenvalue weighted by molar-refractivity contribution is 0.410. The molecule has 2 aromatic heterocycles. The van der Waals surface area contributed by atoms with Gasteiger partial charge in [0, 0.05) is 18.1 Å². The van der Waals surface area contributed by atoms with Gasteiger partial charge < -0.3 is 15.6 Å². The fourth-order valence-corrected chi connectivity index (χ4v) is 6.28. The van der Waals surface area contributed by atoms with Crippen molar-refractivity contribution >= 4 is 57.8 Å². The predicted molar refractivity (Wildman–Crippen MR) is 157 cm³/mol. The summed E-state index contributed by atoms with van der Waals surface area (Å²) in [7, 11) is -3.87. The lowest BCUT2D eigenvalue weighted by atomic mass is 9.87. The van der Waals surface area contributed by atoms with Gasteiger partial charge in [-0.1, -0.05) is 45.7 Å². The molecule has 0 unspecified atom stereocenters. The standard InChI is InChI=1S/C26H37N7O2S.2ClH/c1-26(2,3)17-8-14-21(15-9-17)36(34,35)32-23-22-24(33(16-28-22)20-6-4-5-7-20)31-25(30-23)29-19-12-10-18(27)11-13-19;;/h8-9,14-16,18-20H,4-7,10-13,27H2,1-3H3,(H2,29,30,31,32);2*1H/t18-,19-;;. The minimum absolute atomic E-state index is 0. The van der Waals surface area contributed by atoms with E-state index in [9.17, 15) is 8.42 Å². The van der Waals surface area contributed by atoms with E-state index in [0.717, 1.165) is 44.1 Å². The molecule has 12 heteroatoms. The first-order valence-corrected chi connectivity index (χ1v) is 14.5. The molecule has 0 radical (unpaired) electrons. The molecule has 0 amide bonds. The molecule has 2 fully saturated rings. The maximum atomic E-state index is 13.4. The van der Waals surface area contributed by atoms with E-state index >= 15 is 0 Å². The van der Waals surface area contributed by atoms with Crippen molar-refractivity contribution in [2.24, 2.45) is 5.73 Å². The topological polar surface area (TPSA) is 128 Å². The van der Waals surface area contributed by atoms with Gasteiger partial charge in [0.2, 0.25) is 5.95 Å². The molecule has 2 aliphatic carbocycles. The van der Waals surface area contributed by atoms with Crippen LogP contribution in [0.2, 0.25) is 0 Å². The summed E-state index contributed by atoms with van der Waals surface area (Å²) in [6.45, 7) is 6.30. The maximum absolute atomic E-state index is 13.4. The molecule has 2 heterocycles. The van der Waals surface area contributed by atoms with Crippen LogP contribution < -0.4 is 15.8 Å². The van der Waals surface area contributed by atoms with Crippen molar-refractivity contribution < 1.29 is 8.42 Å². The van der Waals surface area contributed by atoms with Crippen LogP contribution in [0.3, 0.4) is 0 Å². The number of nitrogens with zero attached hydrogens (tertiary/aromatic N) is 4. The van der Waals surface area contributed by atoms with Gasteiger partial charge in [-0.15, -0.1) is 24.8 Å². The summed E-state index contributed by atoms with van der Waals surface area (Å²) in [4.78, 5) is 14.1. The van der Waals surface area contributed by atoms with E-state index in [4.69, 9.17) is 10.7 Å².